The van der Waals surface area contributed by atoms with Crippen molar-refractivity contribution in [1.82, 2.24) is 10.2 Å². The Bertz CT molecular complexity index is 679. The highest BCUT2D eigenvalue weighted by atomic mass is 35.5. The molecule has 2 atom stereocenters. The summed E-state index contributed by atoms with van der Waals surface area (Å²) in [7, 11) is 3.88. The first-order chi connectivity index (χ1) is 12.0. The summed E-state index contributed by atoms with van der Waals surface area (Å²) in [6.45, 7) is 0.994. The third-order valence-corrected chi connectivity index (χ3v) is 4.03. The van der Waals surface area contributed by atoms with Crippen molar-refractivity contribution in [1.29, 1.82) is 0 Å². The maximum Gasteiger partial charge on any atom is 0.319 e. The summed E-state index contributed by atoms with van der Waals surface area (Å²) >= 11 is 5.91. The van der Waals surface area contributed by atoms with E-state index in [1.165, 1.54) is 0 Å². The molecule has 0 saturated carbocycles. The van der Waals surface area contributed by atoms with Gasteiger partial charge in [-0.1, -0.05) is 48.0 Å². The van der Waals surface area contributed by atoms with Crippen LogP contribution in [0, 0.1) is 5.92 Å². The van der Waals surface area contributed by atoms with Crippen LogP contribution in [0.1, 0.15) is 11.7 Å². The van der Waals surface area contributed by atoms with Gasteiger partial charge in [0.15, 0.2) is 0 Å². The second-order valence-corrected chi connectivity index (χ2v) is 6.66. The molecule has 0 heterocycles. The summed E-state index contributed by atoms with van der Waals surface area (Å²) in [5.41, 5.74) is 1.46. The van der Waals surface area contributed by atoms with E-state index in [2.05, 4.69) is 10.6 Å². The van der Waals surface area contributed by atoms with Crippen molar-refractivity contribution in [2.75, 3.05) is 32.5 Å². The van der Waals surface area contributed by atoms with Crippen LogP contribution in [0.3, 0.4) is 0 Å². The van der Waals surface area contributed by atoms with Crippen LogP contribution < -0.4 is 10.6 Å². The summed E-state index contributed by atoms with van der Waals surface area (Å²) in [6, 6.07) is 16.1. The zero-order valence-corrected chi connectivity index (χ0v) is 15.2. The van der Waals surface area contributed by atoms with E-state index in [1.54, 1.807) is 24.3 Å². The zero-order chi connectivity index (χ0) is 18.2. The molecular formula is C19H24ClN3O2. The summed E-state index contributed by atoms with van der Waals surface area (Å²) < 4.78 is 0. The summed E-state index contributed by atoms with van der Waals surface area (Å²) in [5.74, 6) is -0.137. The molecule has 0 bridgehead atoms. The first-order valence-electron chi connectivity index (χ1n) is 8.14. The summed E-state index contributed by atoms with van der Waals surface area (Å²) in [5, 5.41) is 16.8. The molecular weight excluding hydrogens is 338 g/mol. The Kier molecular flexibility index (Phi) is 7.25. The molecule has 0 radical (unpaired) electrons. The van der Waals surface area contributed by atoms with E-state index >= 15 is 0 Å². The first-order valence-corrected chi connectivity index (χ1v) is 8.51. The highest BCUT2D eigenvalue weighted by Crippen LogP contribution is 2.22. The number of aliphatic hydroxyl groups is 1. The number of aliphatic hydroxyl groups excluding tert-OH is 1. The van der Waals surface area contributed by atoms with Crippen molar-refractivity contribution >= 4 is 23.3 Å². The van der Waals surface area contributed by atoms with Crippen molar-refractivity contribution in [3.63, 3.8) is 0 Å². The van der Waals surface area contributed by atoms with Gasteiger partial charge in [0.2, 0.25) is 0 Å². The van der Waals surface area contributed by atoms with E-state index in [0.717, 1.165) is 5.56 Å². The lowest BCUT2D eigenvalue weighted by atomic mass is 9.95. The van der Waals surface area contributed by atoms with Gasteiger partial charge in [-0.25, -0.2) is 4.79 Å². The molecule has 2 aromatic carbocycles. The second-order valence-electron chi connectivity index (χ2n) is 6.22. The second kappa shape index (κ2) is 9.42. The van der Waals surface area contributed by atoms with Crippen molar-refractivity contribution in [2.45, 2.75) is 6.10 Å². The number of anilines is 1. The van der Waals surface area contributed by atoms with Crippen LogP contribution in [-0.4, -0.2) is 43.2 Å². The van der Waals surface area contributed by atoms with Crippen molar-refractivity contribution in [2.24, 2.45) is 5.92 Å². The number of amides is 2. The Morgan fingerprint density at radius 2 is 1.88 bits per heavy atom. The molecule has 0 fully saturated rings. The standard InChI is InChI=1S/C19H24ClN3O2/c1-23(2)13-15(18(24)14-7-4-3-5-8-14)12-21-19(25)22-17-10-6-9-16(20)11-17/h3-11,15,18,24H,12-13H2,1-2H3,(H2,21,22,25)/t15-,18+/m0/s1. The minimum atomic E-state index is -0.657. The van der Waals surface area contributed by atoms with Crippen LogP contribution in [0.15, 0.2) is 54.6 Å². The number of rotatable bonds is 7. The molecule has 0 spiro atoms. The molecule has 6 heteroatoms. The Morgan fingerprint density at radius 3 is 2.52 bits per heavy atom. The van der Waals surface area contributed by atoms with Crippen molar-refractivity contribution in [3.05, 3.63) is 65.2 Å². The minimum Gasteiger partial charge on any atom is -0.388 e. The Labute approximate surface area is 153 Å². The van der Waals surface area contributed by atoms with Crippen LogP contribution >= 0.6 is 11.6 Å². The van der Waals surface area contributed by atoms with Gasteiger partial charge in [-0.05, 0) is 37.9 Å². The Balaban J connectivity index is 1.96. The van der Waals surface area contributed by atoms with Gasteiger partial charge >= 0.3 is 6.03 Å². The fourth-order valence-electron chi connectivity index (χ4n) is 2.63. The maximum atomic E-state index is 12.1. The predicted octanol–water partition coefficient (Wildman–Crippen LogP) is 3.37. The van der Waals surface area contributed by atoms with E-state index in [0.29, 0.717) is 23.8 Å². The highest BCUT2D eigenvalue weighted by molar-refractivity contribution is 6.30. The van der Waals surface area contributed by atoms with Gasteiger partial charge < -0.3 is 20.6 Å². The largest absolute Gasteiger partial charge is 0.388 e. The van der Waals surface area contributed by atoms with Crippen molar-refractivity contribution in [3.8, 4) is 0 Å². The van der Waals surface area contributed by atoms with Crippen LogP contribution in [0.2, 0.25) is 5.02 Å². The Morgan fingerprint density at radius 1 is 1.16 bits per heavy atom. The van der Waals surface area contributed by atoms with Gasteiger partial charge in [0.25, 0.3) is 0 Å². The smallest absolute Gasteiger partial charge is 0.319 e. The SMILES string of the molecule is CN(C)C[C@H](CNC(=O)Nc1cccc(Cl)c1)[C@H](O)c1ccccc1. The number of urea groups is 1. The Hall–Kier alpha value is -2.08. The monoisotopic (exact) mass is 361 g/mol. The van der Waals surface area contributed by atoms with Crippen LogP contribution in [-0.2, 0) is 0 Å². The number of nitrogens with one attached hydrogen (secondary N) is 2. The summed E-state index contributed by atoms with van der Waals surface area (Å²) in [6.07, 6.45) is -0.657. The number of halogens is 1. The molecule has 2 aromatic rings. The minimum absolute atomic E-state index is 0.137. The van der Waals surface area contributed by atoms with E-state index in [1.807, 2.05) is 49.3 Å². The third kappa shape index (κ3) is 6.38. The van der Waals surface area contributed by atoms with Gasteiger partial charge in [0.05, 0.1) is 6.10 Å². The topological polar surface area (TPSA) is 64.6 Å². The molecule has 5 nitrogen and oxygen atoms in total. The maximum absolute atomic E-state index is 12.1. The number of benzene rings is 2. The van der Waals surface area contributed by atoms with Gasteiger partial charge in [-0.3, -0.25) is 0 Å². The van der Waals surface area contributed by atoms with Gasteiger partial charge in [-0.2, -0.15) is 0 Å². The van der Waals surface area contributed by atoms with E-state index < -0.39 is 6.10 Å². The fourth-order valence-corrected chi connectivity index (χ4v) is 2.82. The molecule has 0 unspecified atom stereocenters. The molecule has 0 aliphatic heterocycles. The number of carbonyl (C=O) groups is 1. The molecule has 2 amide bonds. The average molecular weight is 362 g/mol. The predicted molar refractivity (Wildman–Crippen MR) is 102 cm³/mol. The lowest BCUT2D eigenvalue weighted by Gasteiger charge is -2.26. The van der Waals surface area contributed by atoms with Crippen molar-refractivity contribution < 1.29 is 9.90 Å². The molecule has 134 valence electrons. The third-order valence-electron chi connectivity index (χ3n) is 3.79. The summed E-state index contributed by atoms with van der Waals surface area (Å²) in [4.78, 5) is 14.1. The fraction of sp³-hybridized carbons (Fsp3) is 0.316. The number of nitrogens with zero attached hydrogens (tertiary/aromatic N) is 1. The van der Waals surface area contributed by atoms with Gasteiger partial charge in [0, 0.05) is 29.7 Å². The number of hydrogen-bond acceptors (Lipinski definition) is 3. The zero-order valence-electron chi connectivity index (χ0n) is 14.4. The molecule has 3 N–H and O–H groups in total. The quantitative estimate of drug-likeness (QED) is 0.708. The van der Waals surface area contributed by atoms with Crippen LogP contribution in [0.5, 0.6) is 0 Å². The number of hydrogen-bond donors (Lipinski definition) is 3. The average Bonchev–Trinajstić information content (AvgIpc) is 2.58. The molecule has 0 saturated heterocycles. The van der Waals surface area contributed by atoms with Crippen LogP contribution in [0.4, 0.5) is 10.5 Å². The van der Waals surface area contributed by atoms with Gasteiger partial charge in [-0.15, -0.1) is 0 Å². The lowest BCUT2D eigenvalue weighted by molar-refractivity contribution is 0.0911. The van der Waals surface area contributed by atoms with Crippen LogP contribution in [0.25, 0.3) is 0 Å². The normalized spacial score (nSPS) is 13.3. The molecule has 25 heavy (non-hydrogen) atoms. The van der Waals surface area contributed by atoms with E-state index in [9.17, 15) is 9.90 Å². The molecule has 0 aliphatic carbocycles. The van der Waals surface area contributed by atoms with E-state index in [4.69, 9.17) is 11.6 Å². The lowest BCUT2D eigenvalue weighted by Crippen LogP contribution is -2.39. The van der Waals surface area contributed by atoms with Gasteiger partial charge in [0.1, 0.15) is 0 Å². The molecule has 0 aliphatic rings. The van der Waals surface area contributed by atoms with E-state index in [-0.39, 0.29) is 11.9 Å². The molecule has 0 aromatic heterocycles. The number of carbonyl (C=O) groups excluding carboxylic acids is 1. The molecule has 2 rings (SSSR count). The highest BCUT2D eigenvalue weighted by Gasteiger charge is 2.22. The first kappa shape index (κ1) is 19.2.